The third-order valence-electron chi connectivity index (χ3n) is 2.02. The zero-order valence-corrected chi connectivity index (χ0v) is 10.4. The molecule has 1 heterocycles. The summed E-state index contributed by atoms with van der Waals surface area (Å²) in [4.78, 5) is 11.4. The fourth-order valence-electron chi connectivity index (χ4n) is 1.22. The first kappa shape index (κ1) is 11.7. The number of anilines is 1. The smallest absolute Gasteiger partial charge is 0.412 e. The molecule has 0 saturated carbocycles. The van der Waals surface area contributed by atoms with E-state index in [4.69, 9.17) is 9.15 Å². The number of rotatable bonds is 3. The molecule has 2 aromatic rings. The molecule has 0 radical (unpaired) electrons. The molecule has 0 aliphatic carbocycles. The van der Waals surface area contributed by atoms with Gasteiger partial charge in [-0.05, 0) is 36.4 Å². The molecule has 1 amide bonds. The molecule has 88 valence electrons. The SMILES string of the molecule is O=C(Nc1ccc(Br)cc1)OCc1ccco1. The van der Waals surface area contributed by atoms with Crippen molar-refractivity contribution in [2.24, 2.45) is 0 Å². The van der Waals surface area contributed by atoms with Crippen LogP contribution in [0, 0.1) is 0 Å². The molecule has 0 fully saturated rings. The van der Waals surface area contributed by atoms with E-state index in [1.54, 1.807) is 24.3 Å². The number of halogens is 1. The first-order valence-electron chi connectivity index (χ1n) is 4.96. The van der Waals surface area contributed by atoms with Crippen LogP contribution in [0.2, 0.25) is 0 Å². The molecular weight excluding hydrogens is 286 g/mol. The molecule has 1 N–H and O–H groups in total. The Hall–Kier alpha value is -1.75. The molecule has 17 heavy (non-hydrogen) atoms. The van der Waals surface area contributed by atoms with Gasteiger partial charge in [-0.15, -0.1) is 0 Å². The van der Waals surface area contributed by atoms with E-state index in [-0.39, 0.29) is 6.61 Å². The Morgan fingerprint density at radius 2 is 2.06 bits per heavy atom. The van der Waals surface area contributed by atoms with Crippen LogP contribution in [0.25, 0.3) is 0 Å². The van der Waals surface area contributed by atoms with Gasteiger partial charge in [-0.1, -0.05) is 15.9 Å². The molecule has 0 bridgehead atoms. The van der Waals surface area contributed by atoms with Crippen LogP contribution < -0.4 is 5.32 Å². The number of amides is 1. The Labute approximate surface area is 107 Å². The summed E-state index contributed by atoms with van der Waals surface area (Å²) in [6.45, 7) is 0.120. The van der Waals surface area contributed by atoms with Crippen molar-refractivity contribution in [2.45, 2.75) is 6.61 Å². The van der Waals surface area contributed by atoms with Crippen molar-refractivity contribution in [2.75, 3.05) is 5.32 Å². The second-order valence-electron chi connectivity index (χ2n) is 3.29. The number of hydrogen-bond acceptors (Lipinski definition) is 3. The van der Waals surface area contributed by atoms with Gasteiger partial charge in [0, 0.05) is 10.2 Å². The van der Waals surface area contributed by atoms with Crippen molar-refractivity contribution < 1.29 is 13.9 Å². The molecule has 0 aliphatic heterocycles. The highest BCUT2D eigenvalue weighted by Crippen LogP contribution is 2.14. The third kappa shape index (κ3) is 3.64. The Morgan fingerprint density at radius 3 is 2.71 bits per heavy atom. The molecule has 2 rings (SSSR count). The molecule has 4 nitrogen and oxygen atoms in total. The van der Waals surface area contributed by atoms with Crippen LogP contribution in [0.3, 0.4) is 0 Å². The molecule has 0 saturated heterocycles. The van der Waals surface area contributed by atoms with E-state index in [0.717, 1.165) is 4.47 Å². The number of ether oxygens (including phenoxy) is 1. The molecule has 0 spiro atoms. The second-order valence-corrected chi connectivity index (χ2v) is 4.20. The second kappa shape index (κ2) is 5.54. The van der Waals surface area contributed by atoms with Gasteiger partial charge < -0.3 is 9.15 Å². The monoisotopic (exact) mass is 295 g/mol. The quantitative estimate of drug-likeness (QED) is 0.937. The van der Waals surface area contributed by atoms with Crippen LogP contribution in [0.1, 0.15) is 5.76 Å². The number of furan rings is 1. The lowest BCUT2D eigenvalue weighted by Gasteiger charge is -2.05. The lowest BCUT2D eigenvalue weighted by Crippen LogP contribution is -2.13. The van der Waals surface area contributed by atoms with E-state index >= 15 is 0 Å². The zero-order chi connectivity index (χ0) is 12.1. The predicted octanol–water partition coefficient (Wildman–Crippen LogP) is 3.79. The summed E-state index contributed by atoms with van der Waals surface area (Å²) in [7, 11) is 0. The number of benzene rings is 1. The average Bonchev–Trinajstić information content (AvgIpc) is 2.83. The topological polar surface area (TPSA) is 51.5 Å². The maximum absolute atomic E-state index is 11.4. The number of hydrogen-bond donors (Lipinski definition) is 1. The molecular formula is C12H10BrNO3. The third-order valence-corrected chi connectivity index (χ3v) is 2.54. The average molecular weight is 296 g/mol. The van der Waals surface area contributed by atoms with Gasteiger partial charge in [0.15, 0.2) is 6.61 Å². The van der Waals surface area contributed by atoms with E-state index in [2.05, 4.69) is 21.2 Å². The summed E-state index contributed by atoms with van der Waals surface area (Å²) >= 11 is 3.31. The lowest BCUT2D eigenvalue weighted by molar-refractivity contribution is 0.146. The van der Waals surface area contributed by atoms with E-state index in [9.17, 15) is 4.79 Å². The van der Waals surface area contributed by atoms with Gasteiger partial charge in [0.1, 0.15) is 5.76 Å². The Bertz CT molecular complexity index is 479. The minimum Gasteiger partial charge on any atom is -0.466 e. The summed E-state index contributed by atoms with van der Waals surface area (Å²) in [5.41, 5.74) is 0.678. The van der Waals surface area contributed by atoms with Crippen molar-refractivity contribution in [3.63, 3.8) is 0 Å². The van der Waals surface area contributed by atoms with E-state index in [1.165, 1.54) is 6.26 Å². The molecule has 1 aromatic heterocycles. The standard InChI is InChI=1S/C12H10BrNO3/c13-9-3-5-10(6-4-9)14-12(15)17-8-11-2-1-7-16-11/h1-7H,8H2,(H,14,15). The van der Waals surface area contributed by atoms with Crippen molar-refractivity contribution in [3.05, 3.63) is 52.9 Å². The largest absolute Gasteiger partial charge is 0.466 e. The summed E-state index contributed by atoms with van der Waals surface area (Å²) < 4.78 is 11.0. The Balaban J connectivity index is 1.83. The molecule has 0 unspecified atom stereocenters. The van der Waals surface area contributed by atoms with E-state index < -0.39 is 6.09 Å². The van der Waals surface area contributed by atoms with Gasteiger partial charge in [-0.3, -0.25) is 5.32 Å². The number of nitrogens with one attached hydrogen (secondary N) is 1. The number of carbonyl (C=O) groups is 1. The minimum atomic E-state index is -0.510. The fraction of sp³-hybridized carbons (Fsp3) is 0.0833. The normalized spacial score (nSPS) is 9.94. The van der Waals surface area contributed by atoms with Gasteiger partial charge >= 0.3 is 6.09 Å². The van der Waals surface area contributed by atoms with Gasteiger partial charge in [0.25, 0.3) is 0 Å². The first-order valence-corrected chi connectivity index (χ1v) is 5.75. The summed E-state index contributed by atoms with van der Waals surface area (Å²) in [6.07, 6.45) is 1.02. The number of carbonyl (C=O) groups excluding carboxylic acids is 1. The van der Waals surface area contributed by atoms with Crippen LogP contribution >= 0.6 is 15.9 Å². The van der Waals surface area contributed by atoms with E-state index in [1.807, 2.05) is 12.1 Å². The summed E-state index contributed by atoms with van der Waals surface area (Å²) in [5.74, 6) is 0.607. The van der Waals surface area contributed by atoms with Crippen LogP contribution in [-0.4, -0.2) is 6.09 Å². The predicted molar refractivity (Wildman–Crippen MR) is 66.7 cm³/mol. The van der Waals surface area contributed by atoms with E-state index in [0.29, 0.717) is 11.4 Å². The molecule has 0 aliphatic rings. The lowest BCUT2D eigenvalue weighted by atomic mass is 10.3. The van der Waals surface area contributed by atoms with Crippen LogP contribution in [0.4, 0.5) is 10.5 Å². The minimum absolute atomic E-state index is 0.120. The molecule has 0 atom stereocenters. The summed E-state index contributed by atoms with van der Waals surface area (Å²) in [5, 5.41) is 2.61. The van der Waals surface area contributed by atoms with Crippen molar-refractivity contribution >= 4 is 27.7 Å². The van der Waals surface area contributed by atoms with Crippen molar-refractivity contribution in [1.29, 1.82) is 0 Å². The van der Waals surface area contributed by atoms with Crippen LogP contribution in [0.15, 0.2) is 51.6 Å². The molecule has 5 heteroatoms. The highest BCUT2D eigenvalue weighted by Gasteiger charge is 2.04. The van der Waals surface area contributed by atoms with Crippen LogP contribution in [0.5, 0.6) is 0 Å². The zero-order valence-electron chi connectivity index (χ0n) is 8.85. The van der Waals surface area contributed by atoms with Crippen molar-refractivity contribution in [1.82, 2.24) is 0 Å². The van der Waals surface area contributed by atoms with Gasteiger partial charge in [-0.2, -0.15) is 0 Å². The maximum atomic E-state index is 11.4. The summed E-state index contributed by atoms with van der Waals surface area (Å²) in [6, 6.07) is 10.7. The van der Waals surface area contributed by atoms with Crippen molar-refractivity contribution in [3.8, 4) is 0 Å². The highest BCUT2D eigenvalue weighted by molar-refractivity contribution is 9.10. The van der Waals surface area contributed by atoms with Gasteiger partial charge in [0.05, 0.1) is 6.26 Å². The maximum Gasteiger partial charge on any atom is 0.412 e. The first-order chi connectivity index (χ1) is 8.24. The fourth-order valence-corrected chi connectivity index (χ4v) is 1.48. The Morgan fingerprint density at radius 1 is 1.29 bits per heavy atom. The Kier molecular flexibility index (Phi) is 3.82. The van der Waals surface area contributed by atoms with Gasteiger partial charge in [0.2, 0.25) is 0 Å². The van der Waals surface area contributed by atoms with Crippen LogP contribution in [-0.2, 0) is 11.3 Å². The van der Waals surface area contributed by atoms with Gasteiger partial charge in [-0.25, -0.2) is 4.79 Å². The highest BCUT2D eigenvalue weighted by atomic mass is 79.9. The molecule has 1 aromatic carbocycles.